The first kappa shape index (κ1) is 11.0. The molecular formula is C9H13ClN2O2. The van der Waals surface area contributed by atoms with Gasteiger partial charge in [0.2, 0.25) is 5.91 Å². The summed E-state index contributed by atoms with van der Waals surface area (Å²) in [5, 5.41) is 6.48. The van der Waals surface area contributed by atoms with Crippen molar-refractivity contribution in [3.05, 3.63) is 17.5 Å². The van der Waals surface area contributed by atoms with E-state index in [2.05, 4.69) is 10.5 Å². The van der Waals surface area contributed by atoms with Crippen molar-refractivity contribution in [2.45, 2.75) is 26.3 Å². The van der Waals surface area contributed by atoms with Gasteiger partial charge in [0.1, 0.15) is 11.5 Å². The Hall–Kier alpha value is -1.03. The summed E-state index contributed by atoms with van der Waals surface area (Å²) in [6.45, 7) is 2.23. The molecule has 0 radical (unpaired) electrons. The van der Waals surface area contributed by atoms with Crippen LogP contribution in [0.2, 0.25) is 0 Å². The number of nitrogens with one attached hydrogen (secondary N) is 1. The molecule has 78 valence electrons. The van der Waals surface area contributed by atoms with Crippen LogP contribution in [0, 0.1) is 6.92 Å². The van der Waals surface area contributed by atoms with Crippen molar-refractivity contribution in [3.63, 3.8) is 0 Å². The van der Waals surface area contributed by atoms with Crippen LogP contribution in [0.4, 0.5) is 0 Å². The summed E-state index contributed by atoms with van der Waals surface area (Å²) in [5.74, 6) is 1.25. The molecule has 0 fully saturated rings. The van der Waals surface area contributed by atoms with Crippen LogP contribution in [-0.4, -0.2) is 16.9 Å². The highest BCUT2D eigenvalue weighted by atomic mass is 35.5. The largest absolute Gasteiger partial charge is 0.361 e. The van der Waals surface area contributed by atoms with Gasteiger partial charge in [-0.05, 0) is 13.3 Å². The van der Waals surface area contributed by atoms with E-state index in [1.807, 2.05) is 6.92 Å². The van der Waals surface area contributed by atoms with Gasteiger partial charge in [0, 0.05) is 18.4 Å². The average molecular weight is 217 g/mol. The first-order valence-corrected chi connectivity index (χ1v) is 5.00. The van der Waals surface area contributed by atoms with Crippen LogP contribution < -0.4 is 5.32 Å². The first-order chi connectivity index (χ1) is 6.72. The fourth-order valence-corrected chi connectivity index (χ4v) is 1.14. The molecule has 0 aliphatic rings. The van der Waals surface area contributed by atoms with Gasteiger partial charge < -0.3 is 9.84 Å². The zero-order chi connectivity index (χ0) is 10.4. The van der Waals surface area contributed by atoms with E-state index in [1.165, 1.54) is 0 Å². The summed E-state index contributed by atoms with van der Waals surface area (Å²) >= 11 is 5.46. The number of halogens is 1. The van der Waals surface area contributed by atoms with Crippen molar-refractivity contribution in [2.24, 2.45) is 0 Å². The second kappa shape index (κ2) is 5.65. The number of carbonyl (C=O) groups is 1. The van der Waals surface area contributed by atoms with Crippen molar-refractivity contribution < 1.29 is 9.32 Å². The van der Waals surface area contributed by atoms with Crippen LogP contribution in [0.25, 0.3) is 0 Å². The summed E-state index contributed by atoms with van der Waals surface area (Å²) < 4.78 is 4.86. The van der Waals surface area contributed by atoms with Gasteiger partial charge in [-0.3, -0.25) is 4.79 Å². The number of hydrogen-bond acceptors (Lipinski definition) is 3. The maximum atomic E-state index is 11.2. The van der Waals surface area contributed by atoms with Crippen molar-refractivity contribution in [1.82, 2.24) is 10.5 Å². The molecule has 0 saturated heterocycles. The van der Waals surface area contributed by atoms with E-state index in [1.54, 1.807) is 6.07 Å². The van der Waals surface area contributed by atoms with Gasteiger partial charge in [0.05, 0.1) is 6.54 Å². The van der Waals surface area contributed by atoms with E-state index in [-0.39, 0.29) is 5.91 Å². The average Bonchev–Trinajstić information content (AvgIpc) is 2.58. The molecule has 0 aromatic carbocycles. The van der Waals surface area contributed by atoms with Crippen LogP contribution in [-0.2, 0) is 11.3 Å². The Balaban J connectivity index is 2.23. The molecule has 0 bridgehead atoms. The molecule has 1 rings (SSSR count). The summed E-state index contributed by atoms with van der Waals surface area (Å²) in [5.41, 5.74) is 0.738. The third kappa shape index (κ3) is 3.79. The minimum atomic E-state index is -0.00805. The maximum Gasteiger partial charge on any atom is 0.220 e. The number of nitrogens with zero attached hydrogens (tertiary/aromatic N) is 1. The lowest BCUT2D eigenvalue weighted by Crippen LogP contribution is -2.22. The van der Waals surface area contributed by atoms with Crippen LogP contribution >= 0.6 is 11.6 Å². The monoisotopic (exact) mass is 216 g/mol. The zero-order valence-electron chi connectivity index (χ0n) is 8.05. The van der Waals surface area contributed by atoms with Gasteiger partial charge in [-0.1, -0.05) is 5.16 Å². The molecule has 1 aromatic heterocycles. The molecule has 0 atom stereocenters. The SMILES string of the molecule is Cc1cc(CNC(=O)CCCCl)no1. The van der Waals surface area contributed by atoms with E-state index in [0.29, 0.717) is 25.3 Å². The van der Waals surface area contributed by atoms with Crippen molar-refractivity contribution >= 4 is 17.5 Å². The smallest absolute Gasteiger partial charge is 0.220 e. The summed E-state index contributed by atoms with van der Waals surface area (Å²) in [6, 6.07) is 1.79. The van der Waals surface area contributed by atoms with E-state index in [0.717, 1.165) is 11.5 Å². The van der Waals surface area contributed by atoms with Crippen LogP contribution in [0.3, 0.4) is 0 Å². The third-order valence-corrected chi connectivity index (χ3v) is 1.95. The Labute approximate surface area is 87.6 Å². The van der Waals surface area contributed by atoms with Crippen molar-refractivity contribution in [1.29, 1.82) is 0 Å². The van der Waals surface area contributed by atoms with Gasteiger partial charge in [0.25, 0.3) is 0 Å². The molecule has 0 unspecified atom stereocenters. The number of aryl methyl sites for hydroxylation is 1. The summed E-state index contributed by atoms with van der Waals surface area (Å²) in [6.07, 6.45) is 1.16. The first-order valence-electron chi connectivity index (χ1n) is 4.47. The molecular weight excluding hydrogens is 204 g/mol. The second-order valence-corrected chi connectivity index (χ2v) is 3.38. The van der Waals surface area contributed by atoms with Crippen LogP contribution in [0.1, 0.15) is 24.3 Å². The Bertz CT molecular complexity index is 299. The predicted octanol–water partition coefficient (Wildman–Crippen LogP) is 1.62. The van der Waals surface area contributed by atoms with Gasteiger partial charge in [0.15, 0.2) is 0 Å². The van der Waals surface area contributed by atoms with Gasteiger partial charge in [-0.2, -0.15) is 0 Å². The molecule has 0 aliphatic carbocycles. The molecule has 0 saturated carbocycles. The summed E-state index contributed by atoms with van der Waals surface area (Å²) in [4.78, 5) is 11.2. The molecule has 0 spiro atoms. The topological polar surface area (TPSA) is 55.1 Å². The van der Waals surface area contributed by atoms with Crippen LogP contribution in [0.15, 0.2) is 10.6 Å². The number of alkyl halides is 1. The fraction of sp³-hybridized carbons (Fsp3) is 0.556. The molecule has 14 heavy (non-hydrogen) atoms. The van der Waals surface area contributed by atoms with Crippen LogP contribution in [0.5, 0.6) is 0 Å². The molecule has 0 aliphatic heterocycles. The Morgan fingerprint density at radius 1 is 1.71 bits per heavy atom. The second-order valence-electron chi connectivity index (χ2n) is 3.00. The highest BCUT2D eigenvalue weighted by molar-refractivity contribution is 6.17. The fourth-order valence-electron chi connectivity index (χ4n) is 1.01. The quantitative estimate of drug-likeness (QED) is 0.761. The number of carbonyl (C=O) groups excluding carboxylic acids is 1. The molecule has 5 heteroatoms. The van der Waals surface area contributed by atoms with Gasteiger partial charge >= 0.3 is 0 Å². The molecule has 1 aromatic rings. The van der Waals surface area contributed by atoms with E-state index in [9.17, 15) is 4.79 Å². The van der Waals surface area contributed by atoms with Gasteiger partial charge in [-0.15, -0.1) is 11.6 Å². The van der Waals surface area contributed by atoms with E-state index in [4.69, 9.17) is 16.1 Å². The molecule has 1 N–H and O–H groups in total. The number of hydrogen-bond donors (Lipinski definition) is 1. The normalized spacial score (nSPS) is 10.1. The lowest BCUT2D eigenvalue weighted by atomic mass is 10.3. The predicted molar refractivity (Wildman–Crippen MR) is 53.0 cm³/mol. The molecule has 1 heterocycles. The highest BCUT2D eigenvalue weighted by Gasteiger charge is 2.03. The number of rotatable bonds is 5. The molecule has 1 amide bonds. The Morgan fingerprint density at radius 3 is 3.07 bits per heavy atom. The Morgan fingerprint density at radius 2 is 2.50 bits per heavy atom. The van der Waals surface area contributed by atoms with Crippen molar-refractivity contribution in [3.8, 4) is 0 Å². The summed E-state index contributed by atoms with van der Waals surface area (Å²) in [7, 11) is 0. The minimum absolute atomic E-state index is 0.00805. The minimum Gasteiger partial charge on any atom is -0.361 e. The number of aromatic nitrogens is 1. The third-order valence-electron chi connectivity index (χ3n) is 1.68. The van der Waals surface area contributed by atoms with Crippen molar-refractivity contribution in [2.75, 3.05) is 5.88 Å². The van der Waals surface area contributed by atoms with Gasteiger partial charge in [-0.25, -0.2) is 0 Å². The van der Waals surface area contributed by atoms with E-state index >= 15 is 0 Å². The lowest BCUT2D eigenvalue weighted by molar-refractivity contribution is -0.121. The number of amides is 1. The Kier molecular flexibility index (Phi) is 4.46. The lowest BCUT2D eigenvalue weighted by Gasteiger charge is -2.00. The zero-order valence-corrected chi connectivity index (χ0v) is 8.80. The molecule has 4 nitrogen and oxygen atoms in total. The van der Waals surface area contributed by atoms with E-state index < -0.39 is 0 Å². The highest BCUT2D eigenvalue weighted by Crippen LogP contribution is 2.01. The maximum absolute atomic E-state index is 11.2. The standard InChI is InChI=1S/C9H13ClN2O2/c1-7-5-8(12-14-7)6-11-9(13)3-2-4-10/h5H,2-4,6H2,1H3,(H,11,13).